The molecule has 0 spiro atoms. The van der Waals surface area contributed by atoms with Crippen molar-refractivity contribution in [2.75, 3.05) is 6.54 Å². The molecule has 0 aliphatic heterocycles. The van der Waals surface area contributed by atoms with E-state index >= 15 is 0 Å². The van der Waals surface area contributed by atoms with Crippen LogP contribution in [0.1, 0.15) is 34.8 Å². The van der Waals surface area contributed by atoms with Gasteiger partial charge in [0.05, 0.1) is 8.79 Å². The normalized spacial score (nSPS) is 12.8. The molecule has 0 aliphatic rings. The zero-order valence-electron chi connectivity index (χ0n) is 10.6. The van der Waals surface area contributed by atoms with Crippen molar-refractivity contribution in [1.82, 2.24) is 10.3 Å². The highest BCUT2D eigenvalue weighted by Crippen LogP contribution is 2.33. The molecule has 2 nitrogen and oxygen atoms in total. The molecule has 0 saturated heterocycles. The van der Waals surface area contributed by atoms with E-state index < -0.39 is 0 Å². The van der Waals surface area contributed by atoms with E-state index in [0.717, 1.165) is 19.4 Å². The van der Waals surface area contributed by atoms with E-state index in [1.165, 1.54) is 19.2 Å². The van der Waals surface area contributed by atoms with Gasteiger partial charge in [-0.1, -0.05) is 6.92 Å². The van der Waals surface area contributed by atoms with Gasteiger partial charge in [-0.2, -0.15) is 0 Å². The number of aryl methyl sites for hydroxylation is 1. The maximum atomic E-state index is 4.39. The molecule has 0 aromatic carbocycles. The summed E-state index contributed by atoms with van der Waals surface area (Å²) in [6.45, 7) is 5.39. The van der Waals surface area contributed by atoms with Crippen LogP contribution in [0.3, 0.4) is 0 Å². The molecule has 1 unspecified atom stereocenters. The molecule has 2 rings (SSSR count). The number of nitrogens with one attached hydrogen (secondary N) is 1. The van der Waals surface area contributed by atoms with Crippen LogP contribution in [0.2, 0.25) is 0 Å². The average molecular weight is 345 g/mol. The van der Waals surface area contributed by atoms with Crippen LogP contribution in [0.25, 0.3) is 0 Å². The van der Waals surface area contributed by atoms with Gasteiger partial charge in [0, 0.05) is 28.9 Å². The van der Waals surface area contributed by atoms with Gasteiger partial charge in [0.25, 0.3) is 0 Å². The maximum Gasteiger partial charge on any atom is 0.0944 e. The lowest BCUT2D eigenvalue weighted by Crippen LogP contribution is -2.23. The van der Waals surface area contributed by atoms with E-state index in [4.69, 9.17) is 0 Å². The number of rotatable bonds is 6. The smallest absolute Gasteiger partial charge is 0.0944 e. The summed E-state index contributed by atoms with van der Waals surface area (Å²) in [6.07, 6.45) is 4.01. The lowest BCUT2D eigenvalue weighted by Gasteiger charge is -2.15. The van der Waals surface area contributed by atoms with E-state index in [2.05, 4.69) is 46.1 Å². The molecule has 1 N–H and O–H groups in total. The summed E-state index contributed by atoms with van der Waals surface area (Å²) < 4.78 is 1.24. The average Bonchev–Trinajstić information content (AvgIpc) is 2.96. The fraction of sp³-hybridized carbons (Fsp3) is 0.462. The van der Waals surface area contributed by atoms with Gasteiger partial charge >= 0.3 is 0 Å². The lowest BCUT2D eigenvalue weighted by atomic mass is 10.1. The van der Waals surface area contributed by atoms with Crippen LogP contribution in [0, 0.1) is 6.92 Å². The number of aromatic nitrogens is 1. The number of thiophene rings is 1. The molecule has 2 heterocycles. The highest BCUT2D eigenvalue weighted by Gasteiger charge is 2.16. The minimum Gasteiger partial charge on any atom is -0.309 e. The van der Waals surface area contributed by atoms with Crippen molar-refractivity contribution in [1.29, 1.82) is 0 Å². The Bertz CT molecular complexity index is 460. The first-order valence-electron chi connectivity index (χ1n) is 6.08. The minimum atomic E-state index is 0.381. The van der Waals surface area contributed by atoms with Gasteiger partial charge < -0.3 is 5.32 Å². The fourth-order valence-corrected chi connectivity index (χ4v) is 4.09. The minimum absolute atomic E-state index is 0.381. The lowest BCUT2D eigenvalue weighted by molar-refractivity contribution is 0.535. The second-order valence-electron chi connectivity index (χ2n) is 4.24. The summed E-state index contributed by atoms with van der Waals surface area (Å²) >= 11 is 7.17. The Morgan fingerprint density at radius 2 is 2.33 bits per heavy atom. The molecule has 0 aliphatic carbocycles. The molecular formula is C13H17BrN2S2. The number of thiazole rings is 1. The molecule has 0 saturated carbocycles. The first kappa shape index (κ1) is 14.2. The van der Waals surface area contributed by atoms with Crippen LogP contribution in [-0.4, -0.2) is 11.5 Å². The van der Waals surface area contributed by atoms with Crippen molar-refractivity contribution in [2.24, 2.45) is 0 Å². The molecule has 0 radical (unpaired) electrons. The van der Waals surface area contributed by atoms with Gasteiger partial charge in [-0.3, -0.25) is 0 Å². The second-order valence-corrected chi connectivity index (χ2v) is 7.62. The van der Waals surface area contributed by atoms with Gasteiger partial charge in [0.1, 0.15) is 0 Å². The quantitative estimate of drug-likeness (QED) is 0.830. The monoisotopic (exact) mass is 344 g/mol. The molecule has 1 atom stereocenters. The fourth-order valence-electron chi connectivity index (χ4n) is 1.78. The molecule has 0 amide bonds. The maximum absolute atomic E-state index is 4.39. The third kappa shape index (κ3) is 3.63. The van der Waals surface area contributed by atoms with Crippen molar-refractivity contribution in [3.8, 4) is 0 Å². The summed E-state index contributed by atoms with van der Waals surface area (Å²) in [4.78, 5) is 5.78. The van der Waals surface area contributed by atoms with Gasteiger partial charge in [0.2, 0.25) is 0 Å². The number of nitrogens with zero attached hydrogens (tertiary/aromatic N) is 1. The Morgan fingerprint density at radius 1 is 1.50 bits per heavy atom. The van der Waals surface area contributed by atoms with E-state index in [1.54, 1.807) is 11.3 Å². The van der Waals surface area contributed by atoms with Gasteiger partial charge in [-0.05, 0) is 47.4 Å². The van der Waals surface area contributed by atoms with Crippen molar-refractivity contribution >= 4 is 38.6 Å². The van der Waals surface area contributed by atoms with Gasteiger partial charge in [-0.25, -0.2) is 4.98 Å². The van der Waals surface area contributed by atoms with Crippen molar-refractivity contribution in [3.05, 3.63) is 36.9 Å². The summed E-state index contributed by atoms with van der Waals surface area (Å²) in [5, 5.41) is 6.86. The SMILES string of the molecule is CCCNC(Cc1nccs1)c1cc(C)c(Br)s1. The Balaban J connectivity index is 2.13. The Kier molecular flexibility index (Phi) is 5.36. The van der Waals surface area contributed by atoms with Crippen LogP contribution < -0.4 is 5.32 Å². The van der Waals surface area contributed by atoms with Crippen LogP contribution in [0.4, 0.5) is 0 Å². The first-order valence-corrected chi connectivity index (χ1v) is 8.57. The third-order valence-corrected chi connectivity index (χ3v) is 5.77. The number of hydrogen-bond donors (Lipinski definition) is 1. The summed E-state index contributed by atoms with van der Waals surface area (Å²) in [5.74, 6) is 0. The van der Waals surface area contributed by atoms with Crippen LogP contribution in [-0.2, 0) is 6.42 Å². The molecular weight excluding hydrogens is 328 g/mol. The summed E-state index contributed by atoms with van der Waals surface area (Å²) in [6, 6.07) is 2.65. The van der Waals surface area contributed by atoms with Crippen molar-refractivity contribution < 1.29 is 0 Å². The van der Waals surface area contributed by atoms with E-state index in [-0.39, 0.29) is 0 Å². The van der Waals surface area contributed by atoms with E-state index in [1.807, 2.05) is 22.9 Å². The number of hydrogen-bond acceptors (Lipinski definition) is 4. The highest BCUT2D eigenvalue weighted by molar-refractivity contribution is 9.11. The van der Waals surface area contributed by atoms with Crippen molar-refractivity contribution in [3.63, 3.8) is 0 Å². The molecule has 98 valence electrons. The molecule has 2 aromatic heterocycles. The first-order chi connectivity index (χ1) is 8.70. The molecule has 2 aromatic rings. The van der Waals surface area contributed by atoms with Gasteiger partial charge in [-0.15, -0.1) is 22.7 Å². The van der Waals surface area contributed by atoms with Crippen LogP contribution in [0.5, 0.6) is 0 Å². The standard InChI is InChI=1S/C13H17BrN2S2/c1-3-4-15-10(8-12-16-5-6-17-12)11-7-9(2)13(14)18-11/h5-7,10,15H,3-4,8H2,1-2H3. The largest absolute Gasteiger partial charge is 0.309 e. The molecule has 0 bridgehead atoms. The van der Waals surface area contributed by atoms with Crippen molar-refractivity contribution in [2.45, 2.75) is 32.7 Å². The van der Waals surface area contributed by atoms with Gasteiger partial charge in [0.15, 0.2) is 0 Å². The summed E-state index contributed by atoms with van der Waals surface area (Å²) in [7, 11) is 0. The second kappa shape index (κ2) is 6.80. The predicted molar refractivity (Wildman–Crippen MR) is 83.6 cm³/mol. The number of halogens is 1. The molecule has 18 heavy (non-hydrogen) atoms. The third-order valence-electron chi connectivity index (χ3n) is 2.72. The van der Waals surface area contributed by atoms with E-state index in [0.29, 0.717) is 6.04 Å². The summed E-state index contributed by atoms with van der Waals surface area (Å²) in [5.41, 5.74) is 1.32. The molecule has 5 heteroatoms. The zero-order chi connectivity index (χ0) is 13.0. The van der Waals surface area contributed by atoms with Crippen LogP contribution in [0.15, 0.2) is 21.4 Å². The Labute approximate surface area is 125 Å². The Morgan fingerprint density at radius 3 is 2.89 bits per heavy atom. The zero-order valence-corrected chi connectivity index (χ0v) is 13.8. The molecule has 0 fully saturated rings. The topological polar surface area (TPSA) is 24.9 Å². The Hall–Kier alpha value is -0.230. The highest BCUT2D eigenvalue weighted by atomic mass is 79.9. The van der Waals surface area contributed by atoms with E-state index in [9.17, 15) is 0 Å². The van der Waals surface area contributed by atoms with Crippen LogP contribution >= 0.6 is 38.6 Å². The predicted octanol–water partition coefficient (Wildman–Crippen LogP) is 4.56.